The molecule has 0 aliphatic carbocycles. The smallest absolute Gasteiger partial charge is 0.194 e. The van der Waals surface area contributed by atoms with E-state index in [1.54, 1.807) is 7.11 Å². The highest BCUT2D eigenvalue weighted by Gasteiger charge is 2.26. The number of hydrogen-bond donors (Lipinski definition) is 1. The summed E-state index contributed by atoms with van der Waals surface area (Å²) in [6.07, 6.45) is 3.91. The van der Waals surface area contributed by atoms with Crippen molar-refractivity contribution < 1.29 is 9.47 Å². The molecule has 2 atom stereocenters. The van der Waals surface area contributed by atoms with E-state index in [0.717, 1.165) is 50.0 Å². The van der Waals surface area contributed by atoms with Crippen molar-refractivity contribution >= 4 is 29.9 Å². The van der Waals surface area contributed by atoms with Crippen molar-refractivity contribution in [1.82, 2.24) is 24.9 Å². The lowest BCUT2D eigenvalue weighted by atomic mass is 10.0. The van der Waals surface area contributed by atoms with Crippen molar-refractivity contribution in [2.24, 2.45) is 12.0 Å². The van der Waals surface area contributed by atoms with Gasteiger partial charge >= 0.3 is 0 Å². The molecule has 0 bridgehead atoms. The molecular formula is C24H39IN6O2. The summed E-state index contributed by atoms with van der Waals surface area (Å²) in [6, 6.07) is 8.52. The number of methoxy groups -OCH3 is 1. The molecule has 1 saturated heterocycles. The van der Waals surface area contributed by atoms with Gasteiger partial charge in [-0.3, -0.25) is 14.6 Å². The van der Waals surface area contributed by atoms with E-state index in [0.29, 0.717) is 13.2 Å². The predicted molar refractivity (Wildman–Crippen MR) is 144 cm³/mol. The molecule has 0 spiro atoms. The van der Waals surface area contributed by atoms with E-state index in [2.05, 4.69) is 59.2 Å². The van der Waals surface area contributed by atoms with Crippen LogP contribution in [0.4, 0.5) is 0 Å². The normalized spacial score (nSPS) is 17.6. The Balaban J connectivity index is 0.00000385. The molecule has 1 aliphatic heterocycles. The van der Waals surface area contributed by atoms with Crippen molar-refractivity contribution in [3.05, 3.63) is 47.8 Å². The number of ether oxygens (including phenoxy) is 2. The van der Waals surface area contributed by atoms with Gasteiger partial charge < -0.3 is 19.7 Å². The van der Waals surface area contributed by atoms with Gasteiger partial charge in [0, 0.05) is 31.9 Å². The number of benzene rings is 1. The third-order valence-corrected chi connectivity index (χ3v) is 5.94. The van der Waals surface area contributed by atoms with Gasteiger partial charge in [-0.15, -0.1) is 24.0 Å². The summed E-state index contributed by atoms with van der Waals surface area (Å²) < 4.78 is 13.3. The Bertz CT molecular complexity index is 870. The molecule has 1 fully saturated rings. The van der Waals surface area contributed by atoms with Crippen LogP contribution in [-0.4, -0.2) is 78.5 Å². The number of nitrogens with one attached hydrogen (secondary N) is 1. The van der Waals surface area contributed by atoms with Crippen molar-refractivity contribution in [3.8, 4) is 5.75 Å². The van der Waals surface area contributed by atoms with Crippen LogP contribution < -0.4 is 10.1 Å². The van der Waals surface area contributed by atoms with Gasteiger partial charge in [0.05, 0.1) is 39.0 Å². The Morgan fingerprint density at radius 3 is 2.76 bits per heavy atom. The molecule has 3 rings (SSSR count). The van der Waals surface area contributed by atoms with Crippen molar-refractivity contribution in [3.63, 3.8) is 0 Å². The van der Waals surface area contributed by atoms with Crippen LogP contribution >= 0.6 is 24.0 Å². The fraction of sp³-hybridized carbons (Fsp3) is 0.583. The number of aliphatic imine (C=N–C) groups is 1. The van der Waals surface area contributed by atoms with E-state index in [9.17, 15) is 0 Å². The zero-order valence-corrected chi connectivity index (χ0v) is 22.9. The molecule has 1 aromatic heterocycles. The van der Waals surface area contributed by atoms with Crippen molar-refractivity contribution in [2.45, 2.75) is 32.9 Å². The summed E-state index contributed by atoms with van der Waals surface area (Å²) >= 11 is 0. The van der Waals surface area contributed by atoms with Crippen molar-refractivity contribution in [2.75, 3.05) is 53.0 Å². The van der Waals surface area contributed by atoms with Crippen LogP contribution in [0.2, 0.25) is 0 Å². The molecule has 1 N–H and O–H groups in total. The minimum atomic E-state index is -0.00160. The second kappa shape index (κ2) is 13.8. The number of halogens is 1. The monoisotopic (exact) mass is 570 g/mol. The van der Waals surface area contributed by atoms with Crippen LogP contribution in [0.3, 0.4) is 0 Å². The van der Waals surface area contributed by atoms with E-state index >= 15 is 0 Å². The first-order valence-corrected chi connectivity index (χ1v) is 11.6. The van der Waals surface area contributed by atoms with Crippen LogP contribution in [0.5, 0.6) is 5.75 Å². The Morgan fingerprint density at radius 1 is 1.33 bits per heavy atom. The van der Waals surface area contributed by atoms with Crippen LogP contribution in [-0.2, 0) is 11.8 Å². The minimum absolute atomic E-state index is 0. The molecule has 2 heterocycles. The van der Waals surface area contributed by atoms with Gasteiger partial charge in [0.25, 0.3) is 0 Å². The molecule has 1 aromatic carbocycles. The predicted octanol–water partition coefficient (Wildman–Crippen LogP) is 3.47. The molecule has 2 aromatic rings. The Morgan fingerprint density at radius 2 is 2.12 bits per heavy atom. The highest BCUT2D eigenvalue weighted by atomic mass is 127. The Labute approximate surface area is 215 Å². The van der Waals surface area contributed by atoms with Gasteiger partial charge in [-0.2, -0.15) is 5.10 Å². The summed E-state index contributed by atoms with van der Waals surface area (Å²) in [4.78, 5) is 9.84. The first kappa shape index (κ1) is 27.4. The first-order valence-electron chi connectivity index (χ1n) is 11.6. The van der Waals surface area contributed by atoms with E-state index < -0.39 is 0 Å². The molecule has 0 amide bonds. The van der Waals surface area contributed by atoms with Crippen LogP contribution in [0.1, 0.15) is 44.0 Å². The fourth-order valence-electron chi connectivity index (χ4n) is 4.19. The summed E-state index contributed by atoms with van der Waals surface area (Å²) in [5.41, 5.74) is 2.33. The summed E-state index contributed by atoms with van der Waals surface area (Å²) in [7, 11) is 3.64. The Kier molecular flexibility index (Phi) is 11.4. The third-order valence-electron chi connectivity index (χ3n) is 5.94. The molecule has 33 heavy (non-hydrogen) atoms. The first-order chi connectivity index (χ1) is 15.6. The number of aromatic nitrogens is 2. The summed E-state index contributed by atoms with van der Waals surface area (Å²) in [5, 5.41) is 7.79. The molecule has 8 nitrogen and oxygen atoms in total. The molecule has 0 saturated carbocycles. The van der Waals surface area contributed by atoms with Gasteiger partial charge in [-0.25, -0.2) is 0 Å². The third kappa shape index (κ3) is 7.31. The second-order valence-electron chi connectivity index (χ2n) is 7.96. The number of morpholine rings is 1. The minimum Gasteiger partial charge on any atom is -0.497 e. The number of hydrogen-bond acceptors (Lipinski definition) is 5. The van der Waals surface area contributed by atoms with Crippen LogP contribution in [0.15, 0.2) is 41.7 Å². The molecule has 9 heteroatoms. The Hall–Kier alpha value is -1.85. The highest BCUT2D eigenvalue weighted by Crippen LogP contribution is 2.25. The van der Waals surface area contributed by atoms with Gasteiger partial charge in [0.15, 0.2) is 5.96 Å². The number of likely N-dealkylation sites (N-methyl/N-ethyl adjacent to an activating group) is 1. The largest absolute Gasteiger partial charge is 0.497 e. The lowest BCUT2D eigenvalue weighted by molar-refractivity contribution is -0.00808. The number of aryl methyl sites for hydroxylation is 1. The van der Waals surface area contributed by atoms with Crippen LogP contribution in [0, 0.1) is 0 Å². The van der Waals surface area contributed by atoms with E-state index in [1.807, 2.05) is 30.2 Å². The zero-order chi connectivity index (χ0) is 22.9. The van der Waals surface area contributed by atoms with E-state index in [4.69, 9.17) is 14.5 Å². The molecule has 1 aliphatic rings. The highest BCUT2D eigenvalue weighted by molar-refractivity contribution is 14.0. The number of rotatable bonds is 9. The van der Waals surface area contributed by atoms with Gasteiger partial charge in [-0.1, -0.05) is 26.0 Å². The quantitative estimate of drug-likeness (QED) is 0.283. The fourth-order valence-corrected chi connectivity index (χ4v) is 4.19. The lowest BCUT2D eigenvalue weighted by Crippen LogP contribution is -2.48. The maximum absolute atomic E-state index is 6.03. The van der Waals surface area contributed by atoms with E-state index in [-0.39, 0.29) is 36.1 Å². The molecular weight excluding hydrogens is 531 g/mol. The zero-order valence-electron chi connectivity index (χ0n) is 20.5. The average molecular weight is 571 g/mol. The lowest BCUT2D eigenvalue weighted by Gasteiger charge is -2.35. The average Bonchev–Trinajstić information content (AvgIpc) is 3.27. The number of guanidine groups is 1. The maximum Gasteiger partial charge on any atom is 0.194 e. The van der Waals surface area contributed by atoms with E-state index in [1.165, 1.54) is 5.56 Å². The van der Waals surface area contributed by atoms with Crippen molar-refractivity contribution in [1.29, 1.82) is 0 Å². The topological polar surface area (TPSA) is 67.2 Å². The second-order valence-corrected chi connectivity index (χ2v) is 7.96. The van der Waals surface area contributed by atoms with Gasteiger partial charge in [0.1, 0.15) is 11.9 Å². The standard InChI is InChI=1S/C24H38N6O2.HI/c1-6-25-24(30-12-13-32-23(18-30)20-15-27-28(4)17-20)26-16-22(29(7-2)8-3)19-10-9-11-21(14-19)31-5;/h9-11,14-15,17,22-23H,6-8,12-13,16,18H2,1-5H3,(H,25,26);1H. The van der Waals surface area contributed by atoms with Gasteiger partial charge in [0.2, 0.25) is 0 Å². The number of nitrogens with zero attached hydrogens (tertiary/aromatic N) is 5. The summed E-state index contributed by atoms with van der Waals surface area (Å²) in [5.74, 6) is 1.81. The molecule has 0 radical (unpaired) electrons. The van der Waals surface area contributed by atoms with Crippen LogP contribution in [0.25, 0.3) is 0 Å². The molecule has 2 unspecified atom stereocenters. The van der Waals surface area contributed by atoms with Gasteiger partial charge in [-0.05, 0) is 37.7 Å². The molecule has 184 valence electrons. The SMILES string of the molecule is CCNC(=NCC(c1cccc(OC)c1)N(CC)CC)N1CCOC(c2cnn(C)c2)C1.I. The maximum atomic E-state index is 6.03. The summed E-state index contributed by atoms with van der Waals surface area (Å²) in [6.45, 7) is 12.2.